The third-order valence-corrected chi connectivity index (χ3v) is 4.52. The number of aliphatic hydroxyl groups is 2. The lowest BCUT2D eigenvalue weighted by Crippen LogP contribution is -2.40. The van der Waals surface area contributed by atoms with Crippen LogP contribution in [-0.4, -0.2) is 29.0 Å². The number of hydrogen-bond donors (Lipinski definition) is 3. The van der Waals surface area contributed by atoms with E-state index >= 15 is 0 Å². The first-order valence-electron chi connectivity index (χ1n) is 7.17. The molecule has 2 rings (SSSR count). The number of nitrogens with two attached hydrogens (primary N) is 1. The molecule has 3 heteroatoms. The first-order chi connectivity index (χ1) is 9.06. The molecule has 3 nitrogen and oxygen atoms in total. The van der Waals surface area contributed by atoms with Gasteiger partial charge in [-0.2, -0.15) is 0 Å². The van der Waals surface area contributed by atoms with Gasteiger partial charge in [-0.1, -0.05) is 43.7 Å². The lowest BCUT2D eigenvalue weighted by atomic mass is 9.70. The summed E-state index contributed by atoms with van der Waals surface area (Å²) >= 11 is 0. The molecule has 1 aliphatic carbocycles. The molecule has 0 aromatic heterocycles. The van der Waals surface area contributed by atoms with Gasteiger partial charge in [0, 0.05) is 5.92 Å². The highest BCUT2D eigenvalue weighted by molar-refractivity contribution is 5.22. The van der Waals surface area contributed by atoms with Crippen LogP contribution in [0.5, 0.6) is 0 Å². The van der Waals surface area contributed by atoms with Crippen molar-refractivity contribution >= 4 is 0 Å². The molecule has 1 fully saturated rings. The first kappa shape index (κ1) is 14.5. The molecular weight excluding hydrogens is 238 g/mol. The van der Waals surface area contributed by atoms with Crippen molar-refractivity contribution < 1.29 is 10.2 Å². The highest BCUT2D eigenvalue weighted by atomic mass is 16.3. The topological polar surface area (TPSA) is 66.5 Å². The van der Waals surface area contributed by atoms with Crippen molar-refractivity contribution in [2.24, 2.45) is 11.1 Å². The van der Waals surface area contributed by atoms with Crippen LogP contribution in [0.4, 0.5) is 0 Å². The molecule has 0 aliphatic heterocycles. The summed E-state index contributed by atoms with van der Waals surface area (Å²) in [5.41, 5.74) is 7.07. The lowest BCUT2D eigenvalue weighted by Gasteiger charge is -2.38. The Balaban J connectivity index is 2.28. The Hall–Kier alpha value is -0.900. The van der Waals surface area contributed by atoms with Crippen molar-refractivity contribution in [2.75, 3.05) is 6.54 Å². The highest BCUT2D eigenvalue weighted by Gasteiger charge is 2.36. The lowest BCUT2D eigenvalue weighted by molar-refractivity contribution is -0.0233. The molecule has 4 N–H and O–H groups in total. The highest BCUT2D eigenvalue weighted by Crippen LogP contribution is 2.40. The van der Waals surface area contributed by atoms with E-state index in [0.29, 0.717) is 13.0 Å². The summed E-state index contributed by atoms with van der Waals surface area (Å²) in [5.74, 6) is -0.0370. The molecule has 0 saturated heterocycles. The van der Waals surface area contributed by atoms with Gasteiger partial charge in [0.05, 0.1) is 12.2 Å². The van der Waals surface area contributed by atoms with Crippen molar-refractivity contribution in [3.63, 3.8) is 0 Å². The Bertz CT molecular complexity index is 395. The van der Waals surface area contributed by atoms with Crippen molar-refractivity contribution in [1.82, 2.24) is 0 Å². The molecule has 106 valence electrons. The van der Waals surface area contributed by atoms with Gasteiger partial charge in [0.25, 0.3) is 0 Å². The second-order valence-corrected chi connectivity index (χ2v) is 6.19. The fourth-order valence-electron chi connectivity index (χ4n) is 3.13. The summed E-state index contributed by atoms with van der Waals surface area (Å²) in [5, 5.41) is 20.5. The predicted molar refractivity (Wildman–Crippen MR) is 76.8 cm³/mol. The minimum absolute atomic E-state index is 0.0370. The second-order valence-electron chi connectivity index (χ2n) is 6.19. The average molecular weight is 263 g/mol. The summed E-state index contributed by atoms with van der Waals surface area (Å²) in [4.78, 5) is 0. The van der Waals surface area contributed by atoms with E-state index in [1.807, 2.05) is 30.3 Å². The van der Waals surface area contributed by atoms with Gasteiger partial charge in [0.1, 0.15) is 0 Å². The third-order valence-electron chi connectivity index (χ3n) is 4.52. The SMILES string of the molecule is C[C@@]1(CN)CCC[C@@H](O)[C@@H](O)[C@H](c2ccccc2)C1. The molecule has 1 aliphatic rings. The van der Waals surface area contributed by atoms with Crippen LogP contribution in [0.1, 0.15) is 44.1 Å². The maximum Gasteiger partial charge on any atom is 0.0867 e. The second kappa shape index (κ2) is 6.04. The van der Waals surface area contributed by atoms with E-state index in [2.05, 4.69) is 6.92 Å². The van der Waals surface area contributed by atoms with Crippen LogP contribution in [0.2, 0.25) is 0 Å². The first-order valence-corrected chi connectivity index (χ1v) is 7.17. The van der Waals surface area contributed by atoms with Crippen LogP contribution in [-0.2, 0) is 0 Å². The van der Waals surface area contributed by atoms with E-state index in [4.69, 9.17) is 5.73 Å². The van der Waals surface area contributed by atoms with Gasteiger partial charge in [-0.15, -0.1) is 0 Å². The Kier molecular flexibility index (Phi) is 4.61. The third kappa shape index (κ3) is 3.35. The summed E-state index contributed by atoms with van der Waals surface area (Å²) < 4.78 is 0. The Morgan fingerprint density at radius 2 is 1.95 bits per heavy atom. The van der Waals surface area contributed by atoms with E-state index in [0.717, 1.165) is 24.8 Å². The zero-order chi connectivity index (χ0) is 13.9. The quantitative estimate of drug-likeness (QED) is 0.765. The maximum atomic E-state index is 10.4. The summed E-state index contributed by atoms with van der Waals surface area (Å²) in [6.45, 7) is 2.81. The van der Waals surface area contributed by atoms with E-state index in [1.165, 1.54) is 0 Å². The van der Waals surface area contributed by atoms with Crippen LogP contribution < -0.4 is 5.73 Å². The monoisotopic (exact) mass is 263 g/mol. The molecule has 1 aromatic carbocycles. The number of benzene rings is 1. The van der Waals surface area contributed by atoms with Gasteiger partial charge in [0.15, 0.2) is 0 Å². The molecule has 1 aromatic rings. The Morgan fingerprint density at radius 1 is 1.26 bits per heavy atom. The van der Waals surface area contributed by atoms with Gasteiger partial charge in [-0.25, -0.2) is 0 Å². The Labute approximate surface area is 115 Å². The standard InChI is InChI=1S/C16H25NO2/c1-16(11-17)9-5-8-14(18)15(19)13(10-16)12-6-3-2-4-7-12/h2-4,6-7,13-15,18-19H,5,8-11,17H2,1H3/t13-,14+,15-,16+/m0/s1. The van der Waals surface area contributed by atoms with Crippen LogP contribution in [0.3, 0.4) is 0 Å². The zero-order valence-corrected chi connectivity index (χ0v) is 11.6. The fourth-order valence-corrected chi connectivity index (χ4v) is 3.13. The van der Waals surface area contributed by atoms with Gasteiger partial charge < -0.3 is 15.9 Å². The van der Waals surface area contributed by atoms with Crippen LogP contribution in [0, 0.1) is 5.41 Å². The molecule has 0 spiro atoms. The molecule has 0 bridgehead atoms. The minimum atomic E-state index is -0.700. The molecule has 19 heavy (non-hydrogen) atoms. The maximum absolute atomic E-state index is 10.4. The van der Waals surface area contributed by atoms with Gasteiger partial charge in [0.2, 0.25) is 0 Å². The van der Waals surface area contributed by atoms with Gasteiger partial charge in [-0.05, 0) is 36.8 Å². The summed E-state index contributed by atoms with van der Waals surface area (Å²) in [7, 11) is 0. The van der Waals surface area contributed by atoms with Crippen LogP contribution >= 0.6 is 0 Å². The van der Waals surface area contributed by atoms with Gasteiger partial charge in [-0.3, -0.25) is 0 Å². The predicted octanol–water partition coefficient (Wildman–Crippen LogP) is 2.03. The Morgan fingerprint density at radius 3 is 2.58 bits per heavy atom. The van der Waals surface area contributed by atoms with E-state index in [9.17, 15) is 10.2 Å². The minimum Gasteiger partial charge on any atom is -0.390 e. The normalized spacial score (nSPS) is 36.5. The largest absolute Gasteiger partial charge is 0.390 e. The number of rotatable bonds is 2. The molecular formula is C16H25NO2. The smallest absolute Gasteiger partial charge is 0.0867 e. The number of hydrogen-bond acceptors (Lipinski definition) is 3. The van der Waals surface area contributed by atoms with Crippen LogP contribution in [0.15, 0.2) is 30.3 Å². The average Bonchev–Trinajstić information content (AvgIpc) is 2.44. The summed E-state index contributed by atoms with van der Waals surface area (Å²) in [6, 6.07) is 9.98. The number of aliphatic hydroxyl groups excluding tert-OH is 2. The van der Waals surface area contributed by atoms with Crippen molar-refractivity contribution in [3.05, 3.63) is 35.9 Å². The molecule has 4 atom stereocenters. The van der Waals surface area contributed by atoms with Gasteiger partial charge >= 0.3 is 0 Å². The zero-order valence-electron chi connectivity index (χ0n) is 11.6. The molecule has 0 radical (unpaired) electrons. The van der Waals surface area contributed by atoms with E-state index < -0.39 is 12.2 Å². The van der Waals surface area contributed by atoms with Crippen molar-refractivity contribution in [1.29, 1.82) is 0 Å². The molecule has 1 saturated carbocycles. The molecule has 0 heterocycles. The molecule has 0 unspecified atom stereocenters. The van der Waals surface area contributed by atoms with Crippen molar-refractivity contribution in [2.45, 2.75) is 50.7 Å². The van der Waals surface area contributed by atoms with E-state index in [-0.39, 0.29) is 11.3 Å². The van der Waals surface area contributed by atoms with Crippen LogP contribution in [0.25, 0.3) is 0 Å². The summed E-state index contributed by atoms with van der Waals surface area (Å²) in [6.07, 6.45) is 2.08. The van der Waals surface area contributed by atoms with E-state index in [1.54, 1.807) is 0 Å². The molecule has 0 amide bonds. The van der Waals surface area contributed by atoms with Crippen molar-refractivity contribution in [3.8, 4) is 0 Å². The fraction of sp³-hybridized carbons (Fsp3) is 0.625.